The largest absolute Gasteiger partial charge is 0.342 e. The summed E-state index contributed by atoms with van der Waals surface area (Å²) in [6.07, 6.45) is 2.20. The third-order valence-electron chi connectivity index (χ3n) is 2.29. The van der Waals surface area contributed by atoms with Crippen molar-refractivity contribution in [3.05, 3.63) is 0 Å². The number of hydrogen-bond donors (Lipinski definition) is 1. The molecule has 1 unspecified atom stereocenters. The third-order valence-corrected chi connectivity index (χ3v) is 2.29. The number of carbonyl (C=O) groups excluding carboxylic acids is 1. The van der Waals surface area contributed by atoms with Gasteiger partial charge in [0.05, 0.1) is 6.54 Å². The van der Waals surface area contributed by atoms with Gasteiger partial charge in [-0.25, -0.2) is 0 Å². The second-order valence-corrected chi connectivity index (χ2v) is 3.42. The van der Waals surface area contributed by atoms with E-state index in [1.54, 1.807) is 0 Å². The van der Waals surface area contributed by atoms with Crippen LogP contribution in [0.15, 0.2) is 0 Å². The van der Waals surface area contributed by atoms with Crippen LogP contribution in [0, 0.1) is 0 Å². The smallest absolute Gasteiger partial charge is 0.236 e. The standard InChI is InChI=1S/C10H22N2O/c1-5-7-9(3)12(4)10(13)8-11-6-2/h9,11H,5-8H2,1-4H3. The van der Waals surface area contributed by atoms with Gasteiger partial charge in [-0.1, -0.05) is 20.3 Å². The maximum Gasteiger partial charge on any atom is 0.236 e. The normalized spacial score (nSPS) is 12.6. The molecule has 0 heterocycles. The zero-order valence-corrected chi connectivity index (χ0v) is 9.26. The predicted octanol–water partition coefficient (Wildman–Crippen LogP) is 1.24. The molecule has 0 aromatic rings. The van der Waals surface area contributed by atoms with Crippen molar-refractivity contribution in [3.8, 4) is 0 Å². The van der Waals surface area contributed by atoms with Gasteiger partial charge in [0.15, 0.2) is 0 Å². The minimum Gasteiger partial charge on any atom is -0.342 e. The molecule has 0 fully saturated rings. The zero-order chi connectivity index (χ0) is 10.3. The van der Waals surface area contributed by atoms with E-state index in [4.69, 9.17) is 0 Å². The summed E-state index contributed by atoms with van der Waals surface area (Å²) in [5, 5.41) is 3.03. The molecule has 78 valence electrons. The monoisotopic (exact) mass is 186 g/mol. The van der Waals surface area contributed by atoms with Gasteiger partial charge in [0.1, 0.15) is 0 Å². The molecular weight excluding hydrogens is 164 g/mol. The highest BCUT2D eigenvalue weighted by Crippen LogP contribution is 2.03. The summed E-state index contributed by atoms with van der Waals surface area (Å²) in [4.78, 5) is 13.3. The highest BCUT2D eigenvalue weighted by atomic mass is 16.2. The van der Waals surface area contributed by atoms with Gasteiger partial charge in [0.25, 0.3) is 0 Å². The summed E-state index contributed by atoms with van der Waals surface area (Å²) in [6, 6.07) is 0.358. The molecule has 0 saturated carbocycles. The third kappa shape index (κ3) is 4.88. The van der Waals surface area contributed by atoms with Gasteiger partial charge in [0, 0.05) is 13.1 Å². The van der Waals surface area contributed by atoms with Gasteiger partial charge in [-0.15, -0.1) is 0 Å². The summed E-state index contributed by atoms with van der Waals surface area (Å²) >= 11 is 0. The molecule has 1 atom stereocenters. The van der Waals surface area contributed by atoms with Crippen LogP contribution in [0.4, 0.5) is 0 Å². The fraction of sp³-hybridized carbons (Fsp3) is 0.900. The van der Waals surface area contributed by atoms with Gasteiger partial charge in [-0.05, 0) is 19.9 Å². The van der Waals surface area contributed by atoms with Crippen LogP contribution >= 0.6 is 0 Å². The topological polar surface area (TPSA) is 32.3 Å². The Balaban J connectivity index is 3.79. The molecule has 1 amide bonds. The van der Waals surface area contributed by atoms with Crippen LogP contribution in [-0.4, -0.2) is 37.0 Å². The van der Waals surface area contributed by atoms with Gasteiger partial charge >= 0.3 is 0 Å². The first-order valence-electron chi connectivity index (χ1n) is 5.09. The Labute approximate surface area is 81.5 Å². The number of amides is 1. The van der Waals surface area contributed by atoms with Crippen LogP contribution in [-0.2, 0) is 4.79 Å². The van der Waals surface area contributed by atoms with Crippen molar-refractivity contribution in [1.29, 1.82) is 0 Å². The summed E-state index contributed by atoms with van der Waals surface area (Å²) in [7, 11) is 1.88. The Kier molecular flexibility index (Phi) is 6.59. The Hall–Kier alpha value is -0.570. The Morgan fingerprint density at radius 3 is 2.54 bits per heavy atom. The number of likely N-dealkylation sites (N-methyl/N-ethyl adjacent to an activating group) is 2. The number of nitrogens with zero attached hydrogens (tertiary/aromatic N) is 1. The van der Waals surface area contributed by atoms with E-state index in [1.165, 1.54) is 0 Å². The SMILES string of the molecule is CCCC(C)N(C)C(=O)CNCC. The highest BCUT2D eigenvalue weighted by molar-refractivity contribution is 5.78. The van der Waals surface area contributed by atoms with Crippen molar-refractivity contribution in [2.45, 2.75) is 39.7 Å². The van der Waals surface area contributed by atoms with Crippen molar-refractivity contribution in [2.75, 3.05) is 20.1 Å². The van der Waals surface area contributed by atoms with Gasteiger partial charge in [-0.3, -0.25) is 4.79 Å². The average molecular weight is 186 g/mol. The molecule has 0 aliphatic rings. The van der Waals surface area contributed by atoms with Gasteiger partial charge in [-0.2, -0.15) is 0 Å². The van der Waals surface area contributed by atoms with Crippen molar-refractivity contribution in [1.82, 2.24) is 10.2 Å². The summed E-state index contributed by atoms with van der Waals surface area (Å²) in [6.45, 7) is 7.54. The molecule has 0 rings (SSSR count). The number of nitrogens with one attached hydrogen (secondary N) is 1. The zero-order valence-electron chi connectivity index (χ0n) is 9.26. The van der Waals surface area contributed by atoms with Gasteiger partial charge in [0.2, 0.25) is 5.91 Å². The van der Waals surface area contributed by atoms with Crippen LogP contribution in [0.1, 0.15) is 33.6 Å². The van der Waals surface area contributed by atoms with Gasteiger partial charge < -0.3 is 10.2 Å². The first-order chi connectivity index (χ1) is 6.13. The highest BCUT2D eigenvalue weighted by Gasteiger charge is 2.13. The quantitative estimate of drug-likeness (QED) is 0.677. The molecule has 0 aliphatic heterocycles. The lowest BCUT2D eigenvalue weighted by Gasteiger charge is -2.24. The van der Waals surface area contributed by atoms with E-state index in [-0.39, 0.29) is 5.91 Å². The first kappa shape index (κ1) is 12.4. The summed E-state index contributed by atoms with van der Waals surface area (Å²) < 4.78 is 0. The molecular formula is C10H22N2O. The number of rotatable bonds is 6. The predicted molar refractivity (Wildman–Crippen MR) is 55.7 cm³/mol. The van der Waals surface area contributed by atoms with Crippen molar-refractivity contribution in [2.24, 2.45) is 0 Å². The minimum absolute atomic E-state index is 0.183. The molecule has 0 aromatic heterocycles. The van der Waals surface area contributed by atoms with E-state index in [0.29, 0.717) is 12.6 Å². The second kappa shape index (κ2) is 6.89. The lowest BCUT2D eigenvalue weighted by atomic mass is 10.2. The van der Waals surface area contributed by atoms with Crippen LogP contribution in [0.3, 0.4) is 0 Å². The van der Waals surface area contributed by atoms with Crippen LogP contribution in [0.2, 0.25) is 0 Å². The Morgan fingerprint density at radius 1 is 1.46 bits per heavy atom. The van der Waals surface area contributed by atoms with Crippen LogP contribution in [0.25, 0.3) is 0 Å². The molecule has 0 saturated heterocycles. The number of hydrogen-bond acceptors (Lipinski definition) is 2. The molecule has 0 radical (unpaired) electrons. The van der Waals surface area contributed by atoms with Crippen LogP contribution in [0.5, 0.6) is 0 Å². The molecule has 3 heteroatoms. The molecule has 0 aromatic carbocycles. The maximum atomic E-state index is 11.5. The van der Waals surface area contributed by atoms with E-state index in [9.17, 15) is 4.79 Å². The molecule has 0 spiro atoms. The fourth-order valence-corrected chi connectivity index (χ4v) is 1.21. The maximum absolute atomic E-state index is 11.5. The minimum atomic E-state index is 0.183. The van der Waals surface area contributed by atoms with Crippen molar-refractivity contribution < 1.29 is 4.79 Å². The molecule has 0 aliphatic carbocycles. The van der Waals surface area contributed by atoms with Crippen LogP contribution < -0.4 is 5.32 Å². The molecule has 13 heavy (non-hydrogen) atoms. The van der Waals surface area contributed by atoms with E-state index >= 15 is 0 Å². The first-order valence-corrected chi connectivity index (χ1v) is 5.09. The Bertz CT molecular complexity index is 148. The fourth-order valence-electron chi connectivity index (χ4n) is 1.21. The second-order valence-electron chi connectivity index (χ2n) is 3.42. The molecule has 0 bridgehead atoms. The number of carbonyl (C=O) groups is 1. The van der Waals surface area contributed by atoms with E-state index in [0.717, 1.165) is 19.4 Å². The van der Waals surface area contributed by atoms with E-state index in [1.807, 2.05) is 18.9 Å². The van der Waals surface area contributed by atoms with E-state index < -0.39 is 0 Å². The Morgan fingerprint density at radius 2 is 2.08 bits per heavy atom. The average Bonchev–Trinajstić information content (AvgIpc) is 2.13. The molecule has 3 nitrogen and oxygen atoms in total. The lowest BCUT2D eigenvalue weighted by molar-refractivity contribution is -0.130. The lowest BCUT2D eigenvalue weighted by Crippen LogP contribution is -2.40. The molecule has 1 N–H and O–H groups in total. The van der Waals surface area contributed by atoms with Crippen molar-refractivity contribution in [3.63, 3.8) is 0 Å². The van der Waals surface area contributed by atoms with E-state index in [2.05, 4.69) is 19.2 Å². The summed E-state index contributed by atoms with van der Waals surface area (Å²) in [5.74, 6) is 0.183. The van der Waals surface area contributed by atoms with Crippen molar-refractivity contribution >= 4 is 5.91 Å². The summed E-state index contributed by atoms with van der Waals surface area (Å²) in [5.41, 5.74) is 0.